The van der Waals surface area contributed by atoms with Crippen molar-refractivity contribution in [3.05, 3.63) is 29.6 Å². The van der Waals surface area contributed by atoms with Crippen LogP contribution in [0.1, 0.15) is 17.4 Å². The van der Waals surface area contributed by atoms with Crippen LogP contribution >= 0.6 is 11.6 Å². The molecule has 0 amide bonds. The average Bonchev–Trinajstić information content (AvgIpc) is 2.94. The molecule has 0 spiro atoms. The van der Waals surface area contributed by atoms with Gasteiger partial charge in [-0.05, 0) is 18.5 Å². The third-order valence-corrected chi connectivity index (χ3v) is 3.33. The van der Waals surface area contributed by atoms with E-state index in [1.165, 1.54) is 0 Å². The quantitative estimate of drug-likeness (QED) is 0.392. The fraction of sp³-hybridized carbons (Fsp3) is 0.286. The third-order valence-electron chi connectivity index (χ3n) is 3.16. The fourth-order valence-corrected chi connectivity index (χ4v) is 2.36. The van der Waals surface area contributed by atoms with Crippen LogP contribution in [0, 0.1) is 0 Å². The lowest BCUT2D eigenvalue weighted by atomic mass is 10.3. The Balaban J connectivity index is 2.09. The maximum atomic E-state index is 11.3. The van der Waals surface area contributed by atoms with Gasteiger partial charge in [-0.1, -0.05) is 0 Å². The molecule has 0 saturated carbocycles. The summed E-state index contributed by atoms with van der Waals surface area (Å²) in [5.41, 5.74) is 1.10. The second-order valence-electron chi connectivity index (χ2n) is 4.68. The van der Waals surface area contributed by atoms with Crippen LogP contribution in [0.5, 0.6) is 0 Å². The number of hydrogen-bond acceptors (Lipinski definition) is 8. The van der Waals surface area contributed by atoms with Crippen molar-refractivity contribution in [3.8, 4) is 0 Å². The molecule has 3 heterocycles. The standard InChI is InChI=1S/C14H14ClN7O2/c1-2-24-6-5-22-12-11(9(8-23)21-22)19-14(15)20-13(12)18-10-7-16-3-4-17-10/h3-4,7-8H,2,5-6H2,1H3,(H,17,18,19,20). The molecule has 0 aliphatic rings. The second kappa shape index (κ2) is 7.28. The minimum Gasteiger partial charge on any atom is -0.380 e. The van der Waals surface area contributed by atoms with E-state index in [0.717, 1.165) is 0 Å². The molecule has 0 aliphatic heterocycles. The first-order valence-electron chi connectivity index (χ1n) is 7.23. The maximum absolute atomic E-state index is 11.3. The molecule has 9 nitrogen and oxygen atoms in total. The van der Waals surface area contributed by atoms with Gasteiger partial charge in [0.2, 0.25) is 5.28 Å². The van der Waals surface area contributed by atoms with Crippen LogP contribution in [0.3, 0.4) is 0 Å². The Bertz CT molecular complexity index is 853. The van der Waals surface area contributed by atoms with Crippen LogP contribution in [0.4, 0.5) is 11.6 Å². The molecule has 0 aromatic carbocycles. The van der Waals surface area contributed by atoms with Crippen LogP contribution in [-0.4, -0.2) is 49.2 Å². The predicted octanol–water partition coefficient (Wildman–Crippen LogP) is 1.86. The average molecular weight is 348 g/mol. The number of nitrogens with zero attached hydrogens (tertiary/aromatic N) is 6. The molecule has 0 atom stereocenters. The minimum atomic E-state index is 0.00125. The Morgan fingerprint density at radius 2 is 2.25 bits per heavy atom. The molecule has 124 valence electrons. The van der Waals surface area contributed by atoms with E-state index >= 15 is 0 Å². The van der Waals surface area contributed by atoms with Gasteiger partial charge in [-0.25, -0.2) is 9.97 Å². The number of halogens is 1. The summed E-state index contributed by atoms with van der Waals surface area (Å²) >= 11 is 5.98. The molecule has 0 aliphatic carbocycles. The van der Waals surface area contributed by atoms with Crippen molar-refractivity contribution in [2.45, 2.75) is 13.5 Å². The number of carbonyl (C=O) groups is 1. The van der Waals surface area contributed by atoms with Gasteiger partial charge < -0.3 is 10.1 Å². The van der Waals surface area contributed by atoms with Gasteiger partial charge in [0, 0.05) is 19.0 Å². The first-order valence-corrected chi connectivity index (χ1v) is 7.60. The van der Waals surface area contributed by atoms with E-state index < -0.39 is 0 Å². The van der Waals surface area contributed by atoms with E-state index in [1.54, 1.807) is 23.3 Å². The van der Waals surface area contributed by atoms with Gasteiger partial charge in [0.15, 0.2) is 17.8 Å². The van der Waals surface area contributed by atoms with E-state index in [9.17, 15) is 4.79 Å². The summed E-state index contributed by atoms with van der Waals surface area (Å²) in [7, 11) is 0. The Morgan fingerprint density at radius 3 is 2.96 bits per heavy atom. The highest BCUT2D eigenvalue weighted by Crippen LogP contribution is 2.26. The lowest BCUT2D eigenvalue weighted by Gasteiger charge is -2.09. The van der Waals surface area contributed by atoms with Crippen LogP contribution in [0.15, 0.2) is 18.6 Å². The molecule has 0 saturated heterocycles. The summed E-state index contributed by atoms with van der Waals surface area (Å²) < 4.78 is 6.97. The van der Waals surface area contributed by atoms with Crippen molar-refractivity contribution in [2.75, 3.05) is 18.5 Å². The zero-order chi connectivity index (χ0) is 16.9. The molecule has 1 N–H and O–H groups in total. The van der Waals surface area contributed by atoms with Crippen LogP contribution in [0.2, 0.25) is 5.28 Å². The molecule has 10 heteroatoms. The number of anilines is 2. The highest BCUT2D eigenvalue weighted by atomic mass is 35.5. The topological polar surface area (TPSA) is 108 Å². The van der Waals surface area contributed by atoms with E-state index in [2.05, 4.69) is 30.4 Å². The van der Waals surface area contributed by atoms with Crippen LogP contribution in [0.25, 0.3) is 11.0 Å². The second-order valence-corrected chi connectivity index (χ2v) is 5.02. The molecule has 24 heavy (non-hydrogen) atoms. The van der Waals surface area contributed by atoms with E-state index in [4.69, 9.17) is 16.3 Å². The van der Waals surface area contributed by atoms with Crippen LogP contribution < -0.4 is 5.32 Å². The SMILES string of the molecule is CCOCCn1nc(C=O)c2nc(Cl)nc(Nc3cnccn3)c21. The summed E-state index contributed by atoms with van der Waals surface area (Å²) in [6, 6.07) is 0. The van der Waals surface area contributed by atoms with Gasteiger partial charge in [0.05, 0.1) is 19.3 Å². The first-order chi connectivity index (χ1) is 11.7. The number of carbonyl (C=O) groups excluding carboxylic acids is 1. The summed E-state index contributed by atoms with van der Waals surface area (Å²) in [6.45, 7) is 3.38. The molecular formula is C14H14ClN7O2. The highest BCUT2D eigenvalue weighted by Gasteiger charge is 2.18. The number of rotatable bonds is 7. The van der Waals surface area contributed by atoms with Crippen molar-refractivity contribution in [1.29, 1.82) is 0 Å². The van der Waals surface area contributed by atoms with Gasteiger partial charge in [-0.2, -0.15) is 10.1 Å². The fourth-order valence-electron chi connectivity index (χ4n) is 2.19. The molecular weight excluding hydrogens is 334 g/mol. The Labute approximate surface area is 142 Å². The van der Waals surface area contributed by atoms with E-state index in [0.29, 0.717) is 48.7 Å². The van der Waals surface area contributed by atoms with Crippen molar-refractivity contribution < 1.29 is 9.53 Å². The van der Waals surface area contributed by atoms with Crippen LogP contribution in [-0.2, 0) is 11.3 Å². The first kappa shape index (κ1) is 16.2. The van der Waals surface area contributed by atoms with E-state index in [-0.39, 0.29) is 11.0 Å². The van der Waals surface area contributed by atoms with E-state index in [1.807, 2.05) is 6.92 Å². The van der Waals surface area contributed by atoms with Crippen molar-refractivity contribution in [3.63, 3.8) is 0 Å². The molecule has 0 radical (unpaired) electrons. The number of ether oxygens (including phenoxy) is 1. The normalized spacial score (nSPS) is 10.9. The minimum absolute atomic E-state index is 0.00125. The summed E-state index contributed by atoms with van der Waals surface area (Å²) in [5, 5.41) is 7.28. The molecule has 3 rings (SSSR count). The largest absolute Gasteiger partial charge is 0.380 e. The van der Waals surface area contributed by atoms with Gasteiger partial charge >= 0.3 is 0 Å². The Morgan fingerprint density at radius 1 is 1.38 bits per heavy atom. The zero-order valence-electron chi connectivity index (χ0n) is 12.8. The summed E-state index contributed by atoms with van der Waals surface area (Å²) in [5.74, 6) is 0.876. The number of hydrogen-bond donors (Lipinski definition) is 1. The zero-order valence-corrected chi connectivity index (χ0v) is 13.6. The lowest BCUT2D eigenvalue weighted by Crippen LogP contribution is -2.09. The molecule has 0 bridgehead atoms. The molecule has 3 aromatic rings. The van der Waals surface area contributed by atoms with Crippen molar-refractivity contribution in [2.24, 2.45) is 0 Å². The summed E-state index contributed by atoms with van der Waals surface area (Å²) in [4.78, 5) is 27.7. The third kappa shape index (κ3) is 3.31. The molecule has 0 fully saturated rings. The highest BCUT2D eigenvalue weighted by molar-refractivity contribution is 6.29. The molecule has 3 aromatic heterocycles. The smallest absolute Gasteiger partial charge is 0.225 e. The predicted molar refractivity (Wildman–Crippen MR) is 87.5 cm³/mol. The van der Waals surface area contributed by atoms with Crippen molar-refractivity contribution >= 4 is 40.6 Å². The summed E-state index contributed by atoms with van der Waals surface area (Å²) in [6.07, 6.45) is 5.29. The maximum Gasteiger partial charge on any atom is 0.225 e. The number of aromatic nitrogens is 6. The van der Waals surface area contributed by atoms with Gasteiger partial charge in [-0.3, -0.25) is 14.5 Å². The number of fused-ring (bicyclic) bond motifs is 1. The Kier molecular flexibility index (Phi) is 4.92. The van der Waals surface area contributed by atoms with Gasteiger partial charge in [0.1, 0.15) is 16.9 Å². The molecule has 0 unspecified atom stereocenters. The number of aldehydes is 1. The van der Waals surface area contributed by atoms with Gasteiger partial charge in [-0.15, -0.1) is 0 Å². The van der Waals surface area contributed by atoms with Gasteiger partial charge in [0.25, 0.3) is 0 Å². The monoisotopic (exact) mass is 347 g/mol. The van der Waals surface area contributed by atoms with Crippen molar-refractivity contribution in [1.82, 2.24) is 29.7 Å². The lowest BCUT2D eigenvalue weighted by molar-refractivity contribution is 0.111. The number of nitrogens with one attached hydrogen (secondary N) is 1. The Hall–Kier alpha value is -2.65.